The van der Waals surface area contributed by atoms with E-state index < -0.39 is 6.04 Å². The van der Waals surface area contributed by atoms with Gasteiger partial charge in [-0.15, -0.1) is 0 Å². The first-order chi connectivity index (χ1) is 9.93. The van der Waals surface area contributed by atoms with Crippen molar-refractivity contribution in [1.29, 1.82) is 0 Å². The van der Waals surface area contributed by atoms with Crippen LogP contribution < -0.4 is 10.2 Å². The molecule has 0 aromatic heterocycles. The van der Waals surface area contributed by atoms with Gasteiger partial charge in [-0.2, -0.15) is 0 Å². The van der Waals surface area contributed by atoms with Crippen LogP contribution in [0.25, 0.3) is 0 Å². The normalized spacial score (nSPS) is 19.4. The van der Waals surface area contributed by atoms with Crippen molar-refractivity contribution in [2.45, 2.75) is 46.1 Å². The minimum atomic E-state index is -0.410. The Balaban J connectivity index is 2.41. The molecule has 1 saturated heterocycles. The van der Waals surface area contributed by atoms with Gasteiger partial charge in [0.05, 0.1) is 0 Å². The number of hydrogen-bond acceptors (Lipinski definition) is 2. The summed E-state index contributed by atoms with van der Waals surface area (Å²) in [7, 11) is 0. The van der Waals surface area contributed by atoms with Crippen molar-refractivity contribution < 1.29 is 9.59 Å². The number of rotatable bonds is 3. The van der Waals surface area contributed by atoms with E-state index in [1.807, 2.05) is 32.9 Å². The molecule has 1 fully saturated rings. The van der Waals surface area contributed by atoms with Crippen molar-refractivity contribution in [2.75, 3.05) is 11.4 Å². The summed E-state index contributed by atoms with van der Waals surface area (Å²) in [5.41, 5.74) is 3.01. The van der Waals surface area contributed by atoms with E-state index >= 15 is 0 Å². The van der Waals surface area contributed by atoms with Crippen LogP contribution in [0.5, 0.6) is 0 Å². The summed E-state index contributed by atoms with van der Waals surface area (Å²) in [6, 6.07) is 3.60. The van der Waals surface area contributed by atoms with Gasteiger partial charge in [0.1, 0.15) is 6.04 Å². The summed E-state index contributed by atoms with van der Waals surface area (Å²) in [6.45, 7) is 6.45. The van der Waals surface area contributed by atoms with Crippen LogP contribution in [0.3, 0.4) is 0 Å². The highest BCUT2D eigenvalue weighted by molar-refractivity contribution is 9.10. The lowest BCUT2D eigenvalue weighted by atomic mass is 10.1. The Morgan fingerprint density at radius 1 is 1.29 bits per heavy atom. The van der Waals surface area contributed by atoms with Gasteiger partial charge in [-0.1, -0.05) is 29.3 Å². The number of hydrogen-bond donors (Lipinski definition) is 1. The molecule has 0 aliphatic carbocycles. The molecule has 2 amide bonds. The third-order valence-corrected chi connectivity index (χ3v) is 4.22. The molecule has 1 heterocycles. The number of nitrogens with zero attached hydrogens (tertiary/aromatic N) is 1. The van der Waals surface area contributed by atoms with E-state index in [1.54, 1.807) is 4.90 Å². The number of amides is 2. The number of aryl methyl sites for hydroxylation is 2. The molecule has 5 heteroatoms. The molecule has 0 bridgehead atoms. The van der Waals surface area contributed by atoms with Gasteiger partial charge in [-0.05, 0) is 43.5 Å². The zero-order valence-electron chi connectivity index (χ0n) is 12.7. The molecule has 1 aromatic carbocycles. The highest BCUT2D eigenvalue weighted by Crippen LogP contribution is 2.30. The van der Waals surface area contributed by atoms with Gasteiger partial charge in [-0.3, -0.25) is 9.59 Å². The lowest BCUT2D eigenvalue weighted by Gasteiger charge is -2.27. The smallest absolute Gasteiger partial charge is 0.249 e. The Morgan fingerprint density at radius 2 is 1.90 bits per heavy atom. The van der Waals surface area contributed by atoms with E-state index in [-0.39, 0.29) is 11.8 Å². The average Bonchev–Trinajstić information content (AvgIpc) is 2.51. The van der Waals surface area contributed by atoms with Crippen molar-refractivity contribution in [1.82, 2.24) is 5.32 Å². The predicted octanol–water partition coefficient (Wildman–Crippen LogP) is 3.09. The molecule has 1 atom stereocenters. The largest absolute Gasteiger partial charge is 0.344 e. The van der Waals surface area contributed by atoms with E-state index in [2.05, 4.69) is 21.2 Å². The predicted molar refractivity (Wildman–Crippen MR) is 87.4 cm³/mol. The molecule has 1 N–H and O–H groups in total. The molecular weight excluding hydrogens is 332 g/mol. The SMILES string of the molecule is CCCC1NC(=O)CCN(c2c(C)cc(Br)cc2C)C1=O. The van der Waals surface area contributed by atoms with Gasteiger partial charge in [0.15, 0.2) is 0 Å². The molecular formula is C16H21BrN2O2. The van der Waals surface area contributed by atoms with Gasteiger partial charge >= 0.3 is 0 Å². The lowest BCUT2D eigenvalue weighted by molar-refractivity contribution is -0.125. The molecule has 114 valence electrons. The Bertz CT molecular complexity index is 548. The van der Waals surface area contributed by atoms with E-state index in [0.717, 1.165) is 27.7 Å². The Kier molecular flexibility index (Phi) is 5.04. The molecule has 1 aromatic rings. The van der Waals surface area contributed by atoms with Crippen LogP contribution >= 0.6 is 15.9 Å². The average molecular weight is 353 g/mol. The summed E-state index contributed by atoms with van der Waals surface area (Å²) in [5, 5.41) is 2.84. The van der Waals surface area contributed by atoms with Gasteiger partial charge in [-0.25, -0.2) is 0 Å². The number of anilines is 1. The van der Waals surface area contributed by atoms with Crippen LogP contribution in [0.1, 0.15) is 37.3 Å². The Morgan fingerprint density at radius 3 is 2.48 bits per heavy atom. The molecule has 2 rings (SSSR count). The molecule has 1 unspecified atom stereocenters. The Labute approximate surface area is 134 Å². The van der Waals surface area contributed by atoms with E-state index in [9.17, 15) is 9.59 Å². The molecule has 0 spiro atoms. The highest BCUT2D eigenvalue weighted by atomic mass is 79.9. The topological polar surface area (TPSA) is 49.4 Å². The number of carbonyl (C=O) groups is 2. The summed E-state index contributed by atoms with van der Waals surface area (Å²) in [5.74, 6) is -0.0482. The Hall–Kier alpha value is -1.36. The number of halogens is 1. The third-order valence-electron chi connectivity index (χ3n) is 3.76. The maximum Gasteiger partial charge on any atom is 0.249 e. The van der Waals surface area contributed by atoms with Gasteiger partial charge in [0.2, 0.25) is 11.8 Å². The molecule has 1 aliphatic rings. The zero-order chi connectivity index (χ0) is 15.6. The van der Waals surface area contributed by atoms with Crippen LogP contribution in [-0.2, 0) is 9.59 Å². The first kappa shape index (κ1) is 16.0. The number of nitrogens with one attached hydrogen (secondary N) is 1. The molecule has 0 saturated carbocycles. The van der Waals surface area contributed by atoms with E-state index in [1.165, 1.54) is 0 Å². The van der Waals surface area contributed by atoms with Crippen LogP contribution in [0, 0.1) is 13.8 Å². The second-order valence-corrected chi connectivity index (χ2v) is 6.45. The standard InChI is InChI=1S/C16H21BrN2O2/c1-4-5-13-16(21)19(7-6-14(20)18-13)15-10(2)8-12(17)9-11(15)3/h8-9,13H,4-7H2,1-3H3,(H,18,20). The first-order valence-electron chi connectivity index (χ1n) is 7.31. The van der Waals surface area contributed by atoms with Gasteiger partial charge in [0, 0.05) is 23.1 Å². The maximum absolute atomic E-state index is 12.8. The summed E-state index contributed by atoms with van der Waals surface area (Å²) in [4.78, 5) is 26.4. The number of benzene rings is 1. The van der Waals surface area contributed by atoms with Crippen molar-refractivity contribution in [3.05, 3.63) is 27.7 Å². The van der Waals surface area contributed by atoms with Crippen molar-refractivity contribution in [2.24, 2.45) is 0 Å². The maximum atomic E-state index is 12.8. The summed E-state index contributed by atoms with van der Waals surface area (Å²) < 4.78 is 1.00. The molecule has 1 aliphatic heterocycles. The van der Waals surface area contributed by atoms with Gasteiger partial charge in [0.25, 0.3) is 0 Å². The van der Waals surface area contributed by atoms with E-state index in [4.69, 9.17) is 0 Å². The molecule has 21 heavy (non-hydrogen) atoms. The lowest BCUT2D eigenvalue weighted by Crippen LogP contribution is -2.45. The minimum Gasteiger partial charge on any atom is -0.344 e. The summed E-state index contributed by atoms with van der Waals surface area (Å²) >= 11 is 3.48. The monoisotopic (exact) mass is 352 g/mol. The fourth-order valence-corrected chi connectivity index (χ4v) is 3.56. The van der Waals surface area contributed by atoms with Crippen LogP contribution in [0.15, 0.2) is 16.6 Å². The molecule has 4 nitrogen and oxygen atoms in total. The second-order valence-electron chi connectivity index (χ2n) is 5.54. The summed E-state index contributed by atoms with van der Waals surface area (Å²) in [6.07, 6.45) is 1.89. The molecule has 0 radical (unpaired) electrons. The van der Waals surface area contributed by atoms with Crippen molar-refractivity contribution >= 4 is 33.4 Å². The van der Waals surface area contributed by atoms with Gasteiger partial charge < -0.3 is 10.2 Å². The zero-order valence-corrected chi connectivity index (χ0v) is 14.3. The van der Waals surface area contributed by atoms with E-state index in [0.29, 0.717) is 19.4 Å². The number of carbonyl (C=O) groups excluding carboxylic acids is 2. The fraction of sp³-hybridized carbons (Fsp3) is 0.500. The van der Waals surface area contributed by atoms with Crippen LogP contribution in [0.2, 0.25) is 0 Å². The van der Waals surface area contributed by atoms with Crippen LogP contribution in [0.4, 0.5) is 5.69 Å². The first-order valence-corrected chi connectivity index (χ1v) is 8.10. The van der Waals surface area contributed by atoms with Crippen LogP contribution in [-0.4, -0.2) is 24.4 Å². The van der Waals surface area contributed by atoms with Crippen molar-refractivity contribution in [3.63, 3.8) is 0 Å². The minimum absolute atomic E-state index is 0.00350. The second kappa shape index (κ2) is 6.60. The highest BCUT2D eigenvalue weighted by Gasteiger charge is 2.31. The third kappa shape index (κ3) is 3.46. The quantitative estimate of drug-likeness (QED) is 0.908. The fourth-order valence-electron chi connectivity index (χ4n) is 2.88. The van der Waals surface area contributed by atoms with Crippen molar-refractivity contribution in [3.8, 4) is 0 Å².